The fraction of sp³-hybridized carbons (Fsp3) is 0.583. The van der Waals surface area contributed by atoms with Crippen LogP contribution in [0.2, 0.25) is 0 Å². The molecule has 1 aromatic heterocycles. The zero-order chi connectivity index (χ0) is 12.0. The van der Waals surface area contributed by atoms with Crippen molar-refractivity contribution in [1.29, 1.82) is 0 Å². The molecule has 4 heteroatoms. The summed E-state index contributed by atoms with van der Waals surface area (Å²) in [5.41, 5.74) is 7.73. The number of nitrogens with zero attached hydrogens (tertiary/aromatic N) is 1. The van der Waals surface area contributed by atoms with Crippen molar-refractivity contribution in [1.82, 2.24) is 4.98 Å². The van der Waals surface area contributed by atoms with Gasteiger partial charge in [-0.2, -0.15) is 0 Å². The Morgan fingerprint density at radius 2 is 2.12 bits per heavy atom. The van der Waals surface area contributed by atoms with Crippen molar-refractivity contribution < 1.29 is 9.47 Å². The number of pyridine rings is 1. The molecule has 0 bridgehead atoms. The summed E-state index contributed by atoms with van der Waals surface area (Å²) in [6, 6.07) is 1.93. The average Bonchev–Trinajstić information content (AvgIpc) is 2.24. The van der Waals surface area contributed by atoms with E-state index in [1.165, 1.54) is 0 Å². The van der Waals surface area contributed by atoms with Crippen LogP contribution in [0.3, 0.4) is 0 Å². The molecule has 1 aromatic rings. The Hall–Kier alpha value is -1.13. The van der Waals surface area contributed by atoms with Gasteiger partial charge in [0.15, 0.2) is 0 Å². The molecule has 0 atom stereocenters. The van der Waals surface area contributed by atoms with Crippen LogP contribution >= 0.6 is 0 Å². The molecule has 0 unspecified atom stereocenters. The van der Waals surface area contributed by atoms with Gasteiger partial charge in [-0.25, -0.2) is 4.98 Å². The number of ether oxygens (including phenoxy) is 2. The lowest BCUT2D eigenvalue weighted by molar-refractivity contribution is 0.0540. The third kappa shape index (κ3) is 3.79. The Bertz CT molecular complexity index is 327. The van der Waals surface area contributed by atoms with Gasteiger partial charge in [0.1, 0.15) is 6.61 Å². The minimum atomic E-state index is 0.225. The van der Waals surface area contributed by atoms with Gasteiger partial charge in [-0.1, -0.05) is 0 Å². The van der Waals surface area contributed by atoms with Gasteiger partial charge in [0.05, 0.1) is 12.7 Å². The molecule has 4 nitrogen and oxygen atoms in total. The standard InChI is InChI=1S/C12H20N2O2/c1-9(2)15-6-7-16-12-11(8-13)10(3)4-5-14-12/h4-5,9H,6-8,13H2,1-3H3. The monoisotopic (exact) mass is 224 g/mol. The molecule has 2 N–H and O–H groups in total. The van der Waals surface area contributed by atoms with Crippen LogP contribution in [0.5, 0.6) is 5.88 Å². The van der Waals surface area contributed by atoms with Crippen molar-refractivity contribution in [2.75, 3.05) is 13.2 Å². The number of aromatic nitrogens is 1. The summed E-state index contributed by atoms with van der Waals surface area (Å²) < 4.78 is 10.9. The topological polar surface area (TPSA) is 57.4 Å². The van der Waals surface area contributed by atoms with Gasteiger partial charge in [-0.05, 0) is 32.4 Å². The number of rotatable bonds is 6. The molecule has 0 aliphatic carbocycles. The lowest BCUT2D eigenvalue weighted by atomic mass is 10.1. The molecule has 16 heavy (non-hydrogen) atoms. The van der Waals surface area contributed by atoms with Crippen molar-refractivity contribution >= 4 is 0 Å². The van der Waals surface area contributed by atoms with E-state index in [-0.39, 0.29) is 6.10 Å². The molecule has 0 spiro atoms. The van der Waals surface area contributed by atoms with Crippen molar-refractivity contribution in [2.45, 2.75) is 33.4 Å². The van der Waals surface area contributed by atoms with Crippen LogP contribution in [0, 0.1) is 6.92 Å². The summed E-state index contributed by atoms with van der Waals surface area (Å²) in [5, 5.41) is 0. The molecule has 0 amide bonds. The Morgan fingerprint density at radius 3 is 2.75 bits per heavy atom. The minimum absolute atomic E-state index is 0.225. The molecule has 0 saturated carbocycles. The first kappa shape index (κ1) is 12.9. The third-order valence-electron chi connectivity index (χ3n) is 2.23. The summed E-state index contributed by atoms with van der Waals surface area (Å²) in [4.78, 5) is 4.17. The Balaban J connectivity index is 2.50. The SMILES string of the molecule is Cc1ccnc(OCCOC(C)C)c1CN. The summed E-state index contributed by atoms with van der Waals surface area (Å²) in [7, 11) is 0. The zero-order valence-electron chi connectivity index (χ0n) is 10.2. The predicted molar refractivity (Wildman–Crippen MR) is 63.4 cm³/mol. The fourth-order valence-corrected chi connectivity index (χ4v) is 1.36. The van der Waals surface area contributed by atoms with E-state index in [2.05, 4.69) is 4.98 Å². The van der Waals surface area contributed by atoms with E-state index in [9.17, 15) is 0 Å². The molecule has 90 valence electrons. The van der Waals surface area contributed by atoms with E-state index in [0.717, 1.165) is 11.1 Å². The first-order chi connectivity index (χ1) is 7.65. The second kappa shape index (κ2) is 6.45. The molecular formula is C12H20N2O2. The molecule has 0 saturated heterocycles. The molecule has 0 aromatic carbocycles. The number of hydrogen-bond acceptors (Lipinski definition) is 4. The van der Waals surface area contributed by atoms with Crippen LogP contribution in [0.4, 0.5) is 0 Å². The summed E-state index contributed by atoms with van der Waals surface area (Å²) in [6.45, 7) is 7.51. The normalized spacial score (nSPS) is 10.8. The first-order valence-corrected chi connectivity index (χ1v) is 5.54. The largest absolute Gasteiger partial charge is 0.475 e. The number of nitrogens with two attached hydrogens (primary N) is 1. The van der Waals surface area contributed by atoms with Gasteiger partial charge in [0.2, 0.25) is 5.88 Å². The van der Waals surface area contributed by atoms with Crippen molar-refractivity contribution in [2.24, 2.45) is 5.73 Å². The molecule has 1 heterocycles. The molecule has 1 rings (SSSR count). The van der Waals surface area contributed by atoms with Crippen LogP contribution < -0.4 is 10.5 Å². The van der Waals surface area contributed by atoms with Gasteiger partial charge in [0, 0.05) is 18.3 Å². The summed E-state index contributed by atoms with van der Waals surface area (Å²) in [6.07, 6.45) is 1.95. The summed E-state index contributed by atoms with van der Waals surface area (Å²) in [5.74, 6) is 0.620. The Morgan fingerprint density at radius 1 is 1.38 bits per heavy atom. The van der Waals surface area contributed by atoms with Gasteiger partial charge >= 0.3 is 0 Å². The quantitative estimate of drug-likeness (QED) is 0.746. The van der Waals surface area contributed by atoms with Gasteiger partial charge < -0.3 is 15.2 Å². The van der Waals surface area contributed by atoms with Gasteiger partial charge in [-0.15, -0.1) is 0 Å². The van der Waals surface area contributed by atoms with E-state index in [1.807, 2.05) is 26.8 Å². The molecule has 0 fully saturated rings. The predicted octanol–water partition coefficient (Wildman–Crippen LogP) is 1.65. The van der Waals surface area contributed by atoms with Crippen LogP contribution in [0.1, 0.15) is 25.0 Å². The van der Waals surface area contributed by atoms with Gasteiger partial charge in [0.25, 0.3) is 0 Å². The highest BCUT2D eigenvalue weighted by molar-refractivity contribution is 5.33. The van der Waals surface area contributed by atoms with Crippen LogP contribution in [-0.2, 0) is 11.3 Å². The third-order valence-corrected chi connectivity index (χ3v) is 2.23. The second-order valence-electron chi connectivity index (χ2n) is 3.88. The van der Waals surface area contributed by atoms with E-state index in [1.54, 1.807) is 6.20 Å². The highest BCUT2D eigenvalue weighted by Gasteiger charge is 2.06. The first-order valence-electron chi connectivity index (χ1n) is 5.54. The van der Waals surface area contributed by atoms with Crippen molar-refractivity contribution in [3.05, 3.63) is 23.4 Å². The minimum Gasteiger partial charge on any atom is -0.475 e. The zero-order valence-corrected chi connectivity index (χ0v) is 10.2. The van der Waals surface area contributed by atoms with Crippen molar-refractivity contribution in [3.63, 3.8) is 0 Å². The van der Waals surface area contributed by atoms with E-state index in [4.69, 9.17) is 15.2 Å². The van der Waals surface area contributed by atoms with Crippen molar-refractivity contribution in [3.8, 4) is 5.88 Å². The smallest absolute Gasteiger partial charge is 0.218 e. The Kier molecular flexibility index (Phi) is 5.22. The fourth-order valence-electron chi connectivity index (χ4n) is 1.36. The summed E-state index contributed by atoms with van der Waals surface area (Å²) >= 11 is 0. The maximum absolute atomic E-state index is 5.65. The lowest BCUT2D eigenvalue weighted by Crippen LogP contribution is -2.13. The highest BCUT2D eigenvalue weighted by Crippen LogP contribution is 2.17. The van der Waals surface area contributed by atoms with E-state index < -0.39 is 0 Å². The maximum atomic E-state index is 5.65. The van der Waals surface area contributed by atoms with Crippen LogP contribution in [0.15, 0.2) is 12.3 Å². The number of aryl methyl sites for hydroxylation is 1. The molecule has 0 radical (unpaired) electrons. The van der Waals surface area contributed by atoms with E-state index >= 15 is 0 Å². The lowest BCUT2D eigenvalue weighted by Gasteiger charge is -2.12. The molecule has 0 aliphatic heterocycles. The van der Waals surface area contributed by atoms with Crippen LogP contribution in [0.25, 0.3) is 0 Å². The van der Waals surface area contributed by atoms with Crippen LogP contribution in [-0.4, -0.2) is 24.3 Å². The van der Waals surface area contributed by atoms with E-state index in [0.29, 0.717) is 25.6 Å². The average molecular weight is 224 g/mol. The highest BCUT2D eigenvalue weighted by atomic mass is 16.5. The molecular weight excluding hydrogens is 204 g/mol. The van der Waals surface area contributed by atoms with Gasteiger partial charge in [-0.3, -0.25) is 0 Å². The second-order valence-corrected chi connectivity index (χ2v) is 3.88. The Labute approximate surface area is 96.8 Å². The number of hydrogen-bond donors (Lipinski definition) is 1. The maximum Gasteiger partial charge on any atom is 0.218 e. The molecule has 0 aliphatic rings.